The van der Waals surface area contributed by atoms with Gasteiger partial charge in [-0.2, -0.15) is 0 Å². The Hall–Kier alpha value is -1.40. The number of anilines is 1. The summed E-state index contributed by atoms with van der Waals surface area (Å²) in [6.45, 7) is 2.43. The fourth-order valence-corrected chi connectivity index (χ4v) is 2.54. The molecule has 0 saturated heterocycles. The first-order valence-electron chi connectivity index (χ1n) is 5.31. The van der Waals surface area contributed by atoms with Crippen LogP contribution < -0.4 is 11.1 Å². The largest absolute Gasteiger partial charge is 0.398 e. The van der Waals surface area contributed by atoms with E-state index >= 15 is 0 Å². The van der Waals surface area contributed by atoms with E-state index in [0.717, 1.165) is 14.4 Å². The highest BCUT2D eigenvalue weighted by atomic mass is 79.9. The molecule has 18 heavy (non-hydrogen) atoms. The number of carbonyl (C=O) groups excluding carboxylic acids is 1. The van der Waals surface area contributed by atoms with Gasteiger partial charge in [0.2, 0.25) is 0 Å². The lowest BCUT2D eigenvalue weighted by molar-refractivity contribution is 0.0951. The number of thiazole rings is 1. The van der Waals surface area contributed by atoms with Crippen LogP contribution in [-0.2, 0) is 6.54 Å². The molecule has 94 valence electrons. The van der Waals surface area contributed by atoms with Crippen LogP contribution in [-0.4, -0.2) is 10.9 Å². The number of benzene rings is 1. The molecule has 6 heteroatoms. The van der Waals surface area contributed by atoms with Crippen molar-refractivity contribution < 1.29 is 4.79 Å². The molecule has 0 unspecified atom stereocenters. The Morgan fingerprint density at radius 2 is 2.33 bits per heavy atom. The molecule has 0 fully saturated rings. The number of nitrogens with zero attached hydrogens (tertiary/aromatic N) is 1. The molecule has 1 heterocycles. The highest BCUT2D eigenvalue weighted by molar-refractivity contribution is 9.10. The zero-order chi connectivity index (χ0) is 13.1. The van der Waals surface area contributed by atoms with E-state index in [9.17, 15) is 4.79 Å². The number of hydrogen-bond donors (Lipinski definition) is 2. The van der Waals surface area contributed by atoms with Gasteiger partial charge in [-0.25, -0.2) is 4.98 Å². The van der Waals surface area contributed by atoms with Crippen LogP contribution in [0.4, 0.5) is 5.69 Å². The van der Waals surface area contributed by atoms with E-state index < -0.39 is 0 Å². The highest BCUT2D eigenvalue weighted by Crippen LogP contribution is 2.20. The normalized spacial score (nSPS) is 10.3. The number of rotatable bonds is 3. The van der Waals surface area contributed by atoms with Gasteiger partial charge < -0.3 is 11.1 Å². The van der Waals surface area contributed by atoms with Crippen molar-refractivity contribution in [3.63, 3.8) is 0 Å². The molecule has 0 radical (unpaired) electrons. The van der Waals surface area contributed by atoms with Crippen molar-refractivity contribution in [2.45, 2.75) is 13.5 Å². The lowest BCUT2D eigenvalue weighted by Crippen LogP contribution is -2.22. The maximum Gasteiger partial charge on any atom is 0.251 e. The molecule has 0 aliphatic rings. The van der Waals surface area contributed by atoms with Crippen LogP contribution in [0.15, 0.2) is 28.9 Å². The van der Waals surface area contributed by atoms with E-state index in [1.54, 1.807) is 35.7 Å². The van der Waals surface area contributed by atoms with E-state index in [2.05, 4.69) is 26.2 Å². The lowest BCUT2D eigenvalue weighted by atomic mass is 10.2. The molecule has 4 nitrogen and oxygen atoms in total. The Morgan fingerprint density at radius 3 is 2.94 bits per heavy atom. The Kier molecular flexibility index (Phi) is 3.98. The van der Waals surface area contributed by atoms with Gasteiger partial charge in [-0.05, 0) is 41.1 Å². The number of carbonyl (C=O) groups is 1. The zero-order valence-corrected chi connectivity index (χ0v) is 12.1. The van der Waals surface area contributed by atoms with E-state index in [1.165, 1.54) is 0 Å². The van der Waals surface area contributed by atoms with Gasteiger partial charge in [0.1, 0.15) is 0 Å². The quantitative estimate of drug-likeness (QED) is 0.852. The third kappa shape index (κ3) is 3.08. The van der Waals surface area contributed by atoms with Gasteiger partial charge >= 0.3 is 0 Å². The third-order valence-corrected chi connectivity index (χ3v) is 3.95. The lowest BCUT2D eigenvalue weighted by Gasteiger charge is -2.05. The molecule has 0 spiro atoms. The number of nitrogen functional groups attached to an aromatic ring is 1. The Bertz CT molecular complexity index is 582. The number of nitrogens with two attached hydrogens (primary N) is 1. The molecule has 2 aromatic rings. The first kappa shape index (κ1) is 13.0. The van der Waals surface area contributed by atoms with Crippen molar-refractivity contribution in [2.24, 2.45) is 0 Å². The average Bonchev–Trinajstić information content (AvgIpc) is 2.75. The van der Waals surface area contributed by atoms with Gasteiger partial charge in [0.15, 0.2) is 0 Å². The van der Waals surface area contributed by atoms with Gasteiger partial charge in [0, 0.05) is 26.8 Å². The molecule has 1 aromatic carbocycles. The molecule has 0 saturated carbocycles. The number of halogens is 1. The van der Waals surface area contributed by atoms with Crippen LogP contribution >= 0.6 is 27.3 Å². The molecule has 0 aliphatic heterocycles. The summed E-state index contributed by atoms with van der Waals surface area (Å²) in [5.74, 6) is -0.123. The topological polar surface area (TPSA) is 68.0 Å². The molecular weight excluding hydrogens is 314 g/mol. The summed E-state index contributed by atoms with van der Waals surface area (Å²) in [5.41, 5.74) is 6.87. The molecular formula is C12H12BrN3OS. The number of aryl methyl sites for hydroxylation is 1. The fraction of sp³-hybridized carbons (Fsp3) is 0.167. The van der Waals surface area contributed by atoms with Crippen LogP contribution in [0.1, 0.15) is 20.2 Å². The summed E-state index contributed by atoms with van der Waals surface area (Å²) in [4.78, 5) is 17.1. The van der Waals surface area contributed by atoms with Crippen LogP contribution in [0.3, 0.4) is 0 Å². The highest BCUT2D eigenvalue weighted by Gasteiger charge is 2.08. The Labute approximate surface area is 117 Å². The molecule has 0 aliphatic carbocycles. The second-order valence-corrected chi connectivity index (χ2v) is 5.94. The number of hydrogen-bond acceptors (Lipinski definition) is 4. The minimum atomic E-state index is -0.123. The van der Waals surface area contributed by atoms with Crippen molar-refractivity contribution in [1.82, 2.24) is 10.3 Å². The second-order valence-electron chi connectivity index (χ2n) is 3.76. The summed E-state index contributed by atoms with van der Waals surface area (Å²) >= 11 is 4.88. The first-order chi connectivity index (χ1) is 8.56. The molecule has 1 amide bonds. The number of nitrogens with one attached hydrogen (secondary N) is 1. The van der Waals surface area contributed by atoms with E-state index in [4.69, 9.17) is 5.73 Å². The maximum absolute atomic E-state index is 11.9. The first-order valence-corrected chi connectivity index (χ1v) is 6.92. The Balaban J connectivity index is 2.01. The molecule has 0 bridgehead atoms. The van der Waals surface area contributed by atoms with Gasteiger partial charge in [-0.15, -0.1) is 11.3 Å². The third-order valence-electron chi connectivity index (χ3n) is 2.35. The standard InChI is InChI=1S/C12H12BrN3OS/c1-7-15-5-9(18-7)6-16-12(17)8-2-3-11(14)10(13)4-8/h2-5H,6,14H2,1H3,(H,16,17). The van der Waals surface area contributed by atoms with Crippen LogP contribution in [0.2, 0.25) is 0 Å². The summed E-state index contributed by atoms with van der Waals surface area (Å²) in [5, 5.41) is 3.84. The number of amides is 1. The summed E-state index contributed by atoms with van der Waals surface area (Å²) < 4.78 is 0.726. The molecule has 3 N–H and O–H groups in total. The van der Waals surface area contributed by atoms with E-state index in [-0.39, 0.29) is 5.91 Å². The van der Waals surface area contributed by atoms with Gasteiger partial charge in [-0.3, -0.25) is 4.79 Å². The second kappa shape index (κ2) is 5.49. The summed E-state index contributed by atoms with van der Waals surface area (Å²) in [6.07, 6.45) is 1.78. The number of aromatic nitrogens is 1. The predicted octanol–water partition coefficient (Wildman–Crippen LogP) is 2.73. The van der Waals surface area contributed by atoms with E-state index in [0.29, 0.717) is 17.8 Å². The van der Waals surface area contributed by atoms with Crippen molar-refractivity contribution >= 4 is 38.9 Å². The average molecular weight is 326 g/mol. The minimum Gasteiger partial charge on any atom is -0.398 e. The molecule has 1 aromatic heterocycles. The summed E-state index contributed by atoms with van der Waals surface area (Å²) in [6, 6.07) is 5.12. The van der Waals surface area contributed by atoms with E-state index in [1.807, 2.05) is 6.92 Å². The van der Waals surface area contributed by atoms with Crippen LogP contribution in [0.5, 0.6) is 0 Å². The van der Waals surface area contributed by atoms with Crippen LogP contribution in [0, 0.1) is 6.92 Å². The van der Waals surface area contributed by atoms with Gasteiger partial charge in [0.25, 0.3) is 5.91 Å². The molecule has 0 atom stereocenters. The van der Waals surface area contributed by atoms with Gasteiger partial charge in [0.05, 0.1) is 11.6 Å². The van der Waals surface area contributed by atoms with Gasteiger partial charge in [-0.1, -0.05) is 0 Å². The summed E-state index contributed by atoms with van der Waals surface area (Å²) in [7, 11) is 0. The Morgan fingerprint density at radius 1 is 1.56 bits per heavy atom. The minimum absolute atomic E-state index is 0.123. The van der Waals surface area contributed by atoms with Crippen molar-refractivity contribution in [2.75, 3.05) is 5.73 Å². The van der Waals surface area contributed by atoms with Crippen molar-refractivity contribution in [1.29, 1.82) is 0 Å². The van der Waals surface area contributed by atoms with Crippen molar-refractivity contribution in [3.8, 4) is 0 Å². The SMILES string of the molecule is Cc1ncc(CNC(=O)c2ccc(N)c(Br)c2)s1. The smallest absolute Gasteiger partial charge is 0.251 e. The molecule has 2 rings (SSSR count). The zero-order valence-electron chi connectivity index (χ0n) is 9.74. The maximum atomic E-state index is 11.9. The van der Waals surface area contributed by atoms with Crippen molar-refractivity contribution in [3.05, 3.63) is 44.3 Å². The van der Waals surface area contributed by atoms with Crippen LogP contribution in [0.25, 0.3) is 0 Å². The predicted molar refractivity (Wildman–Crippen MR) is 76.6 cm³/mol. The monoisotopic (exact) mass is 325 g/mol. The fourth-order valence-electron chi connectivity index (χ4n) is 1.42.